The molecule has 0 aliphatic heterocycles. The average molecular weight is 423 g/mol. The molecule has 3 rings (SSSR count). The van der Waals surface area contributed by atoms with Crippen LogP contribution in [0.4, 0.5) is 16.5 Å². The molecule has 0 radical (unpaired) electrons. The minimum absolute atomic E-state index is 0.104. The number of anilines is 3. The van der Waals surface area contributed by atoms with E-state index in [4.69, 9.17) is 11.6 Å². The zero-order chi connectivity index (χ0) is 16.9. The maximum atomic E-state index is 12.1. The van der Waals surface area contributed by atoms with Gasteiger partial charge in [0.1, 0.15) is 0 Å². The number of benzene rings is 2. The number of rotatable bonds is 5. The van der Waals surface area contributed by atoms with Crippen LogP contribution in [-0.2, 0) is 11.2 Å². The SMILES string of the molecule is O=C(Cc1csc(Nc2cccc(Cl)c2)n1)Nc1cccc(Br)c1. The predicted molar refractivity (Wildman–Crippen MR) is 103 cm³/mol. The minimum atomic E-state index is -0.104. The number of nitrogens with zero attached hydrogens (tertiary/aromatic N) is 1. The lowest BCUT2D eigenvalue weighted by molar-refractivity contribution is -0.115. The second-order valence-electron chi connectivity index (χ2n) is 5.01. The molecule has 0 atom stereocenters. The molecule has 3 aromatic rings. The second-order valence-corrected chi connectivity index (χ2v) is 7.22. The zero-order valence-corrected chi connectivity index (χ0v) is 15.6. The molecule has 1 amide bonds. The fourth-order valence-corrected chi connectivity index (χ4v) is 3.39. The molecule has 2 aromatic carbocycles. The molecule has 0 aliphatic rings. The van der Waals surface area contributed by atoms with Crippen molar-refractivity contribution in [2.75, 3.05) is 10.6 Å². The van der Waals surface area contributed by atoms with E-state index in [2.05, 4.69) is 31.5 Å². The first-order chi connectivity index (χ1) is 11.6. The van der Waals surface area contributed by atoms with Crippen molar-refractivity contribution in [3.63, 3.8) is 0 Å². The highest BCUT2D eigenvalue weighted by Gasteiger charge is 2.09. The van der Waals surface area contributed by atoms with Gasteiger partial charge in [0.2, 0.25) is 5.91 Å². The first-order valence-electron chi connectivity index (χ1n) is 7.11. The van der Waals surface area contributed by atoms with Crippen LogP contribution < -0.4 is 10.6 Å². The van der Waals surface area contributed by atoms with Gasteiger partial charge in [-0.15, -0.1) is 11.3 Å². The lowest BCUT2D eigenvalue weighted by atomic mass is 10.3. The van der Waals surface area contributed by atoms with Gasteiger partial charge < -0.3 is 10.6 Å². The van der Waals surface area contributed by atoms with Crippen LogP contribution in [0.15, 0.2) is 58.4 Å². The quantitative estimate of drug-likeness (QED) is 0.572. The molecule has 4 nitrogen and oxygen atoms in total. The number of carbonyl (C=O) groups is 1. The van der Waals surface area contributed by atoms with Crippen molar-refractivity contribution in [2.24, 2.45) is 0 Å². The monoisotopic (exact) mass is 421 g/mol. The summed E-state index contributed by atoms with van der Waals surface area (Å²) < 4.78 is 0.918. The highest BCUT2D eigenvalue weighted by molar-refractivity contribution is 9.10. The summed E-state index contributed by atoms with van der Waals surface area (Å²) in [6.07, 6.45) is 0.222. The molecule has 0 spiro atoms. The molecule has 7 heteroatoms. The van der Waals surface area contributed by atoms with Crippen molar-refractivity contribution in [3.05, 3.63) is 69.1 Å². The number of nitrogens with one attached hydrogen (secondary N) is 2. The van der Waals surface area contributed by atoms with Crippen LogP contribution in [0.2, 0.25) is 5.02 Å². The Hall–Kier alpha value is -1.89. The Labute approximate surface area is 157 Å². The average Bonchev–Trinajstić information content (AvgIpc) is 2.94. The summed E-state index contributed by atoms with van der Waals surface area (Å²) in [5.74, 6) is -0.104. The highest BCUT2D eigenvalue weighted by Crippen LogP contribution is 2.23. The molecule has 0 unspecified atom stereocenters. The van der Waals surface area contributed by atoms with Crippen LogP contribution in [0.25, 0.3) is 0 Å². The Bertz CT molecular complexity index is 868. The van der Waals surface area contributed by atoms with Crippen molar-refractivity contribution in [1.82, 2.24) is 4.98 Å². The van der Waals surface area contributed by atoms with E-state index >= 15 is 0 Å². The summed E-state index contributed by atoms with van der Waals surface area (Å²) in [6.45, 7) is 0. The summed E-state index contributed by atoms with van der Waals surface area (Å²) in [6, 6.07) is 14.9. The summed E-state index contributed by atoms with van der Waals surface area (Å²) in [7, 11) is 0. The summed E-state index contributed by atoms with van der Waals surface area (Å²) in [5, 5.41) is 9.29. The van der Waals surface area contributed by atoms with Gasteiger partial charge in [0.25, 0.3) is 0 Å². The van der Waals surface area contributed by atoms with E-state index < -0.39 is 0 Å². The van der Waals surface area contributed by atoms with Crippen LogP contribution in [0.1, 0.15) is 5.69 Å². The van der Waals surface area contributed by atoms with Crippen molar-refractivity contribution in [1.29, 1.82) is 0 Å². The minimum Gasteiger partial charge on any atom is -0.331 e. The number of aromatic nitrogens is 1. The van der Waals surface area contributed by atoms with Gasteiger partial charge >= 0.3 is 0 Å². The number of thiazole rings is 1. The zero-order valence-electron chi connectivity index (χ0n) is 12.4. The van der Waals surface area contributed by atoms with E-state index in [0.29, 0.717) is 5.02 Å². The number of halogens is 2. The summed E-state index contributed by atoms with van der Waals surface area (Å²) >= 11 is 10.8. The normalized spacial score (nSPS) is 10.4. The molecule has 0 aliphatic carbocycles. The molecular weight excluding hydrogens is 410 g/mol. The van der Waals surface area contributed by atoms with Crippen LogP contribution in [0, 0.1) is 0 Å². The van der Waals surface area contributed by atoms with E-state index in [-0.39, 0.29) is 12.3 Å². The molecule has 0 bridgehead atoms. The summed E-state index contributed by atoms with van der Waals surface area (Å²) in [4.78, 5) is 16.5. The number of amides is 1. The standard InChI is InChI=1S/C17H13BrClN3OS/c18-11-3-1-5-13(7-11)20-16(23)9-15-10-24-17(22-15)21-14-6-2-4-12(19)8-14/h1-8,10H,9H2,(H,20,23)(H,21,22). The Balaban J connectivity index is 1.60. The molecule has 0 saturated carbocycles. The fourth-order valence-electron chi connectivity index (χ4n) is 2.07. The molecule has 24 heavy (non-hydrogen) atoms. The number of hydrogen-bond acceptors (Lipinski definition) is 4. The van der Waals surface area contributed by atoms with Crippen molar-refractivity contribution in [2.45, 2.75) is 6.42 Å². The lowest BCUT2D eigenvalue weighted by Crippen LogP contribution is -2.14. The largest absolute Gasteiger partial charge is 0.331 e. The van der Waals surface area contributed by atoms with Gasteiger partial charge in [-0.2, -0.15) is 0 Å². The summed E-state index contributed by atoms with van der Waals surface area (Å²) in [5.41, 5.74) is 2.33. The van der Waals surface area contributed by atoms with Gasteiger partial charge in [0.05, 0.1) is 12.1 Å². The third-order valence-corrected chi connectivity index (χ3v) is 4.61. The van der Waals surface area contributed by atoms with Crippen molar-refractivity contribution >= 4 is 61.3 Å². The van der Waals surface area contributed by atoms with Crippen molar-refractivity contribution < 1.29 is 4.79 Å². The lowest BCUT2D eigenvalue weighted by Gasteiger charge is -2.04. The van der Waals surface area contributed by atoms with E-state index in [0.717, 1.165) is 26.7 Å². The Morgan fingerprint density at radius 1 is 1.17 bits per heavy atom. The van der Waals surface area contributed by atoms with Crippen LogP contribution >= 0.6 is 38.9 Å². The van der Waals surface area contributed by atoms with Gasteiger partial charge in [0.15, 0.2) is 5.13 Å². The molecule has 1 aromatic heterocycles. The first-order valence-corrected chi connectivity index (χ1v) is 9.16. The maximum Gasteiger partial charge on any atom is 0.230 e. The van der Waals surface area contributed by atoms with Crippen LogP contribution in [-0.4, -0.2) is 10.9 Å². The Morgan fingerprint density at radius 2 is 1.96 bits per heavy atom. The predicted octanol–water partition coefficient (Wildman–Crippen LogP) is 5.48. The van der Waals surface area contributed by atoms with Gasteiger partial charge in [-0.3, -0.25) is 4.79 Å². The van der Waals surface area contributed by atoms with Gasteiger partial charge in [-0.25, -0.2) is 4.98 Å². The van der Waals surface area contributed by atoms with Crippen LogP contribution in [0.5, 0.6) is 0 Å². The third kappa shape index (κ3) is 4.80. The molecule has 0 fully saturated rings. The van der Waals surface area contributed by atoms with E-state index in [9.17, 15) is 4.79 Å². The highest BCUT2D eigenvalue weighted by atomic mass is 79.9. The molecular formula is C17H13BrClN3OS. The van der Waals surface area contributed by atoms with Gasteiger partial charge in [-0.05, 0) is 36.4 Å². The van der Waals surface area contributed by atoms with Gasteiger partial charge in [-0.1, -0.05) is 39.7 Å². The smallest absolute Gasteiger partial charge is 0.230 e. The third-order valence-electron chi connectivity index (χ3n) is 3.08. The van der Waals surface area contributed by atoms with E-state index in [1.807, 2.05) is 53.9 Å². The van der Waals surface area contributed by atoms with Crippen molar-refractivity contribution in [3.8, 4) is 0 Å². The molecule has 0 saturated heterocycles. The Morgan fingerprint density at radius 3 is 2.75 bits per heavy atom. The maximum absolute atomic E-state index is 12.1. The Kier molecular flexibility index (Phi) is 5.50. The topological polar surface area (TPSA) is 54.0 Å². The molecule has 1 heterocycles. The number of carbonyl (C=O) groups excluding carboxylic acids is 1. The molecule has 122 valence electrons. The second kappa shape index (κ2) is 7.79. The van der Waals surface area contributed by atoms with E-state index in [1.165, 1.54) is 11.3 Å². The first kappa shape index (κ1) is 17.0. The van der Waals surface area contributed by atoms with Crippen LogP contribution in [0.3, 0.4) is 0 Å². The number of hydrogen-bond donors (Lipinski definition) is 2. The fraction of sp³-hybridized carbons (Fsp3) is 0.0588. The van der Waals surface area contributed by atoms with Gasteiger partial charge in [0, 0.05) is 26.3 Å². The molecule has 2 N–H and O–H groups in total. The van der Waals surface area contributed by atoms with E-state index in [1.54, 1.807) is 0 Å².